The summed E-state index contributed by atoms with van der Waals surface area (Å²) in [6, 6.07) is 13.3. The molecule has 2 fully saturated rings. The number of hydrogen-bond acceptors (Lipinski definition) is 6. The molecule has 9 heteroatoms. The fourth-order valence-electron chi connectivity index (χ4n) is 3.43. The summed E-state index contributed by atoms with van der Waals surface area (Å²) in [5.74, 6) is 2.79. The molecule has 0 atom stereocenters. The maximum absolute atomic E-state index is 12.3. The Hall–Kier alpha value is -2.03. The maximum atomic E-state index is 12.3. The molecule has 4 rings (SSSR count). The molecular weight excluding hydrogens is 454 g/mol. The van der Waals surface area contributed by atoms with Crippen molar-refractivity contribution in [1.29, 1.82) is 0 Å². The van der Waals surface area contributed by atoms with Gasteiger partial charge in [-0.2, -0.15) is 0 Å². The summed E-state index contributed by atoms with van der Waals surface area (Å²) >= 11 is 10.3. The third-order valence-corrected chi connectivity index (χ3v) is 8.28. The average molecular weight is 478 g/mol. The standard InChI is InChI=1S/C22H24ClN3O3S2/c23-18-12-16(4-7-19(18)26-9-8-24-20(27)13-26)25-21(28)14-29-17-5-2-15(3-6-17)22-30-10-1-11-31-22/h2-7,12,22H,1,8-11,13-14H2,(H,24,27)(H,25,28). The van der Waals surface area contributed by atoms with Gasteiger partial charge in [0.15, 0.2) is 6.61 Å². The van der Waals surface area contributed by atoms with Gasteiger partial charge >= 0.3 is 0 Å². The number of rotatable bonds is 6. The number of carbonyl (C=O) groups excluding carboxylic acids is 2. The number of amides is 2. The van der Waals surface area contributed by atoms with Crippen molar-refractivity contribution < 1.29 is 14.3 Å². The highest BCUT2D eigenvalue weighted by atomic mass is 35.5. The minimum atomic E-state index is -0.261. The van der Waals surface area contributed by atoms with E-state index < -0.39 is 0 Å². The van der Waals surface area contributed by atoms with Crippen LogP contribution in [0.3, 0.4) is 0 Å². The molecule has 2 amide bonds. The molecule has 0 spiro atoms. The van der Waals surface area contributed by atoms with Crippen LogP contribution in [-0.2, 0) is 9.59 Å². The molecule has 0 radical (unpaired) electrons. The smallest absolute Gasteiger partial charge is 0.262 e. The highest BCUT2D eigenvalue weighted by Crippen LogP contribution is 2.43. The summed E-state index contributed by atoms with van der Waals surface area (Å²) in [4.78, 5) is 25.8. The van der Waals surface area contributed by atoms with Crippen LogP contribution in [0.4, 0.5) is 11.4 Å². The van der Waals surface area contributed by atoms with Gasteiger partial charge in [-0.05, 0) is 53.8 Å². The summed E-state index contributed by atoms with van der Waals surface area (Å²) < 4.78 is 6.12. The SMILES string of the molecule is O=C1CN(c2ccc(NC(=O)COc3ccc(C4SCCCS4)cc3)cc2Cl)CCN1. The van der Waals surface area contributed by atoms with Crippen LogP contribution in [-0.4, -0.2) is 49.6 Å². The first-order valence-corrected chi connectivity index (χ1v) is 12.6. The molecule has 0 aliphatic carbocycles. The number of ether oxygens (including phenoxy) is 1. The van der Waals surface area contributed by atoms with Crippen LogP contribution in [0.25, 0.3) is 0 Å². The Balaban J connectivity index is 1.28. The number of anilines is 2. The van der Waals surface area contributed by atoms with E-state index in [1.54, 1.807) is 12.1 Å². The topological polar surface area (TPSA) is 70.7 Å². The molecule has 2 aromatic rings. The number of benzene rings is 2. The third-order valence-electron chi connectivity index (χ3n) is 4.96. The monoisotopic (exact) mass is 477 g/mol. The maximum Gasteiger partial charge on any atom is 0.262 e. The Kier molecular flexibility index (Phi) is 7.53. The third kappa shape index (κ3) is 6.02. The van der Waals surface area contributed by atoms with Crippen LogP contribution < -0.4 is 20.3 Å². The molecule has 164 valence electrons. The Bertz CT molecular complexity index is 936. The fraction of sp³-hybridized carbons (Fsp3) is 0.364. The normalized spacial score (nSPS) is 17.2. The summed E-state index contributed by atoms with van der Waals surface area (Å²) in [5.41, 5.74) is 2.65. The molecular formula is C22H24ClN3O3S2. The van der Waals surface area contributed by atoms with Gasteiger partial charge in [-0.1, -0.05) is 23.7 Å². The zero-order chi connectivity index (χ0) is 21.6. The number of nitrogens with one attached hydrogen (secondary N) is 2. The van der Waals surface area contributed by atoms with E-state index in [0.717, 1.165) is 5.69 Å². The van der Waals surface area contributed by atoms with Crippen LogP contribution in [0.2, 0.25) is 5.02 Å². The number of nitrogens with zero attached hydrogens (tertiary/aromatic N) is 1. The van der Waals surface area contributed by atoms with Crippen molar-refractivity contribution in [2.75, 3.05) is 48.0 Å². The molecule has 0 aromatic heterocycles. The lowest BCUT2D eigenvalue weighted by Gasteiger charge is -2.29. The molecule has 2 aliphatic rings. The minimum Gasteiger partial charge on any atom is -0.484 e. The Morgan fingerprint density at radius 2 is 1.97 bits per heavy atom. The van der Waals surface area contributed by atoms with Gasteiger partial charge in [0, 0.05) is 18.8 Å². The lowest BCUT2D eigenvalue weighted by atomic mass is 10.2. The molecule has 2 saturated heterocycles. The van der Waals surface area contributed by atoms with E-state index in [4.69, 9.17) is 16.3 Å². The molecule has 2 heterocycles. The van der Waals surface area contributed by atoms with Gasteiger partial charge in [0.1, 0.15) is 5.75 Å². The summed E-state index contributed by atoms with van der Waals surface area (Å²) in [6.07, 6.45) is 1.27. The van der Waals surface area contributed by atoms with Crippen molar-refractivity contribution in [3.05, 3.63) is 53.1 Å². The van der Waals surface area contributed by atoms with Gasteiger partial charge in [0.25, 0.3) is 5.91 Å². The summed E-state index contributed by atoms with van der Waals surface area (Å²) in [6.45, 7) is 1.47. The quantitative estimate of drug-likeness (QED) is 0.651. The lowest BCUT2D eigenvalue weighted by Crippen LogP contribution is -2.47. The Morgan fingerprint density at radius 3 is 2.68 bits per heavy atom. The first-order chi connectivity index (χ1) is 15.1. The second-order valence-electron chi connectivity index (χ2n) is 7.27. The minimum absolute atomic E-state index is 0.0267. The van der Waals surface area contributed by atoms with Crippen molar-refractivity contribution in [1.82, 2.24) is 5.32 Å². The number of hydrogen-bond donors (Lipinski definition) is 2. The molecule has 2 aliphatic heterocycles. The first-order valence-electron chi connectivity index (χ1n) is 10.2. The van der Waals surface area contributed by atoms with E-state index in [2.05, 4.69) is 22.8 Å². The number of piperazine rings is 1. The molecule has 2 aromatic carbocycles. The predicted molar refractivity (Wildman–Crippen MR) is 130 cm³/mol. The molecule has 31 heavy (non-hydrogen) atoms. The molecule has 0 saturated carbocycles. The van der Waals surface area contributed by atoms with Crippen LogP contribution in [0.5, 0.6) is 5.75 Å². The van der Waals surface area contributed by atoms with Crippen molar-refractivity contribution in [2.24, 2.45) is 0 Å². The molecule has 0 unspecified atom stereocenters. The van der Waals surface area contributed by atoms with Crippen LogP contribution >= 0.6 is 35.1 Å². The van der Waals surface area contributed by atoms with Crippen LogP contribution in [0.15, 0.2) is 42.5 Å². The van der Waals surface area contributed by atoms with Gasteiger partial charge in [0.2, 0.25) is 5.91 Å². The van der Waals surface area contributed by atoms with Crippen molar-refractivity contribution in [3.63, 3.8) is 0 Å². The number of thioether (sulfide) groups is 2. The van der Waals surface area contributed by atoms with Gasteiger partial charge < -0.3 is 20.3 Å². The van der Waals surface area contributed by atoms with Crippen molar-refractivity contribution in [2.45, 2.75) is 11.0 Å². The van der Waals surface area contributed by atoms with E-state index in [9.17, 15) is 9.59 Å². The van der Waals surface area contributed by atoms with Crippen molar-refractivity contribution in [3.8, 4) is 5.75 Å². The van der Waals surface area contributed by atoms with Gasteiger partial charge in [-0.25, -0.2) is 0 Å². The zero-order valence-electron chi connectivity index (χ0n) is 16.9. The van der Waals surface area contributed by atoms with Crippen LogP contribution in [0, 0.1) is 0 Å². The zero-order valence-corrected chi connectivity index (χ0v) is 19.3. The van der Waals surface area contributed by atoms with Gasteiger partial charge in [0.05, 0.1) is 21.8 Å². The highest BCUT2D eigenvalue weighted by molar-refractivity contribution is 8.16. The van der Waals surface area contributed by atoms with E-state index >= 15 is 0 Å². The first kappa shape index (κ1) is 22.2. The molecule has 6 nitrogen and oxygen atoms in total. The average Bonchev–Trinajstić information content (AvgIpc) is 2.79. The summed E-state index contributed by atoms with van der Waals surface area (Å²) in [7, 11) is 0. The van der Waals surface area contributed by atoms with E-state index in [0.29, 0.717) is 34.1 Å². The number of halogens is 1. The summed E-state index contributed by atoms with van der Waals surface area (Å²) in [5, 5.41) is 6.08. The Morgan fingerprint density at radius 1 is 1.19 bits per heavy atom. The lowest BCUT2D eigenvalue weighted by molar-refractivity contribution is -0.120. The van der Waals surface area contributed by atoms with E-state index in [-0.39, 0.29) is 25.0 Å². The second-order valence-corrected chi connectivity index (χ2v) is 10.4. The Labute approximate surface area is 195 Å². The van der Waals surface area contributed by atoms with Crippen molar-refractivity contribution >= 4 is 58.3 Å². The second kappa shape index (κ2) is 10.5. The van der Waals surface area contributed by atoms with Gasteiger partial charge in [-0.15, -0.1) is 23.5 Å². The predicted octanol–water partition coefficient (Wildman–Crippen LogP) is 4.16. The van der Waals surface area contributed by atoms with E-state index in [1.807, 2.05) is 46.6 Å². The molecule has 0 bridgehead atoms. The molecule has 2 N–H and O–H groups in total. The van der Waals surface area contributed by atoms with Crippen LogP contribution in [0.1, 0.15) is 16.6 Å². The number of carbonyl (C=O) groups is 2. The van der Waals surface area contributed by atoms with Gasteiger partial charge in [-0.3, -0.25) is 9.59 Å². The highest BCUT2D eigenvalue weighted by Gasteiger charge is 2.19. The fourth-order valence-corrected chi connectivity index (χ4v) is 6.63. The largest absolute Gasteiger partial charge is 0.484 e. The van der Waals surface area contributed by atoms with E-state index in [1.165, 1.54) is 23.5 Å².